The van der Waals surface area contributed by atoms with E-state index in [1.165, 1.54) is 0 Å². The third-order valence-corrected chi connectivity index (χ3v) is 4.28. The van der Waals surface area contributed by atoms with Crippen LogP contribution in [-0.4, -0.2) is 30.0 Å². The summed E-state index contributed by atoms with van der Waals surface area (Å²) in [6.07, 6.45) is 2.48. The van der Waals surface area contributed by atoms with E-state index in [9.17, 15) is 13.5 Å². The minimum absolute atomic E-state index is 0.0864. The highest BCUT2D eigenvalue weighted by atomic mass is 32.2. The van der Waals surface area contributed by atoms with Gasteiger partial charge in [-0.1, -0.05) is 6.07 Å². The van der Waals surface area contributed by atoms with Crippen LogP contribution < -0.4 is 0 Å². The zero-order chi connectivity index (χ0) is 10.2. The summed E-state index contributed by atoms with van der Waals surface area (Å²) in [5.41, 5.74) is 0.687. The maximum Gasteiger partial charge on any atom is 0.151 e. The SMILES string of the molecule is O=S1(=O)CC(C(O)c2cccnc2)C1. The van der Waals surface area contributed by atoms with Gasteiger partial charge in [-0.05, 0) is 11.6 Å². The molecule has 1 aromatic heterocycles. The predicted octanol–water partition coefficient (Wildman–Crippen LogP) is 0.160. The molecular formula is C9H11NO3S. The number of pyridine rings is 1. The Bertz CT molecular complexity index is 403. The molecule has 2 heterocycles. The van der Waals surface area contributed by atoms with Crippen molar-refractivity contribution in [2.45, 2.75) is 6.10 Å². The van der Waals surface area contributed by atoms with Crippen molar-refractivity contribution < 1.29 is 13.5 Å². The Morgan fingerprint density at radius 3 is 2.71 bits per heavy atom. The minimum Gasteiger partial charge on any atom is -0.388 e. The van der Waals surface area contributed by atoms with Crippen molar-refractivity contribution in [2.75, 3.05) is 11.5 Å². The summed E-state index contributed by atoms with van der Waals surface area (Å²) < 4.78 is 21.8. The van der Waals surface area contributed by atoms with E-state index in [1.54, 1.807) is 24.5 Å². The summed E-state index contributed by atoms with van der Waals surface area (Å²) in [7, 11) is -2.86. The van der Waals surface area contributed by atoms with E-state index < -0.39 is 15.9 Å². The molecule has 1 N–H and O–H groups in total. The van der Waals surface area contributed by atoms with Crippen molar-refractivity contribution in [1.82, 2.24) is 4.98 Å². The van der Waals surface area contributed by atoms with Crippen LogP contribution >= 0.6 is 0 Å². The van der Waals surface area contributed by atoms with Gasteiger partial charge in [0.05, 0.1) is 17.6 Å². The Morgan fingerprint density at radius 1 is 1.50 bits per heavy atom. The number of aromatic nitrogens is 1. The predicted molar refractivity (Wildman–Crippen MR) is 51.3 cm³/mol. The van der Waals surface area contributed by atoms with Gasteiger partial charge in [0.15, 0.2) is 9.84 Å². The van der Waals surface area contributed by atoms with Crippen molar-refractivity contribution >= 4 is 9.84 Å². The lowest BCUT2D eigenvalue weighted by Gasteiger charge is -2.30. The van der Waals surface area contributed by atoms with Gasteiger partial charge in [0, 0.05) is 18.3 Å². The van der Waals surface area contributed by atoms with Crippen molar-refractivity contribution in [3.63, 3.8) is 0 Å². The maximum atomic E-state index is 10.9. The van der Waals surface area contributed by atoms with E-state index in [2.05, 4.69) is 4.98 Å². The number of aliphatic hydroxyl groups excluding tert-OH is 1. The summed E-state index contributed by atoms with van der Waals surface area (Å²) >= 11 is 0. The van der Waals surface area contributed by atoms with Gasteiger partial charge in [0.25, 0.3) is 0 Å². The van der Waals surface area contributed by atoms with Crippen LogP contribution in [0.15, 0.2) is 24.5 Å². The van der Waals surface area contributed by atoms with Crippen molar-refractivity contribution in [1.29, 1.82) is 0 Å². The lowest BCUT2D eigenvalue weighted by atomic mass is 10.00. The standard InChI is InChI=1S/C9H11NO3S/c11-9(7-2-1-3-10-4-7)8-5-14(12,13)6-8/h1-4,8-9,11H,5-6H2. The largest absolute Gasteiger partial charge is 0.388 e. The minimum atomic E-state index is -2.86. The average molecular weight is 213 g/mol. The molecule has 1 fully saturated rings. The first-order chi connectivity index (χ1) is 6.58. The van der Waals surface area contributed by atoms with Gasteiger partial charge in [-0.2, -0.15) is 0 Å². The lowest BCUT2D eigenvalue weighted by molar-refractivity contribution is 0.122. The van der Waals surface area contributed by atoms with Gasteiger partial charge in [-0.15, -0.1) is 0 Å². The highest BCUT2D eigenvalue weighted by Gasteiger charge is 2.38. The van der Waals surface area contributed by atoms with Crippen LogP contribution in [0, 0.1) is 5.92 Å². The average Bonchev–Trinajstić information content (AvgIpc) is 2.14. The van der Waals surface area contributed by atoms with E-state index in [0.717, 1.165) is 0 Å². The molecule has 0 aromatic carbocycles. The summed E-state index contributed by atoms with van der Waals surface area (Å²) in [5, 5.41) is 9.77. The molecular weight excluding hydrogens is 202 g/mol. The molecule has 76 valence electrons. The van der Waals surface area contributed by atoms with Crippen LogP contribution in [0.25, 0.3) is 0 Å². The second kappa shape index (κ2) is 3.33. The molecule has 0 bridgehead atoms. The first-order valence-corrected chi connectivity index (χ1v) is 6.19. The first-order valence-electron chi connectivity index (χ1n) is 4.37. The fourth-order valence-corrected chi connectivity index (χ4v) is 3.18. The van der Waals surface area contributed by atoms with Crippen molar-refractivity contribution in [3.05, 3.63) is 30.1 Å². The number of hydrogen-bond donors (Lipinski definition) is 1. The molecule has 0 radical (unpaired) electrons. The van der Waals surface area contributed by atoms with E-state index in [0.29, 0.717) is 5.56 Å². The third kappa shape index (κ3) is 1.78. The van der Waals surface area contributed by atoms with E-state index in [-0.39, 0.29) is 17.4 Å². The smallest absolute Gasteiger partial charge is 0.151 e. The summed E-state index contributed by atoms with van der Waals surface area (Å²) in [5.74, 6) is 0.00996. The fourth-order valence-electron chi connectivity index (χ4n) is 1.61. The Kier molecular flexibility index (Phi) is 2.28. The zero-order valence-electron chi connectivity index (χ0n) is 7.50. The number of sulfone groups is 1. The van der Waals surface area contributed by atoms with Crippen LogP contribution in [0.5, 0.6) is 0 Å². The van der Waals surface area contributed by atoms with E-state index in [1.807, 2.05) is 0 Å². The van der Waals surface area contributed by atoms with Gasteiger partial charge in [-0.3, -0.25) is 4.98 Å². The molecule has 2 rings (SSSR count). The Morgan fingerprint density at radius 2 is 2.21 bits per heavy atom. The molecule has 4 nitrogen and oxygen atoms in total. The van der Waals surface area contributed by atoms with Crippen LogP contribution in [-0.2, 0) is 9.84 Å². The highest BCUT2D eigenvalue weighted by molar-refractivity contribution is 7.92. The van der Waals surface area contributed by atoms with Gasteiger partial charge in [0.1, 0.15) is 0 Å². The Labute approximate surface area is 82.5 Å². The molecule has 0 saturated carbocycles. The summed E-state index contributed by atoms with van der Waals surface area (Å²) in [6.45, 7) is 0. The van der Waals surface area contributed by atoms with Crippen molar-refractivity contribution in [3.8, 4) is 0 Å². The Balaban J connectivity index is 2.08. The molecule has 1 aromatic rings. The topological polar surface area (TPSA) is 67.3 Å². The van der Waals surface area contributed by atoms with Crippen molar-refractivity contribution in [2.24, 2.45) is 5.92 Å². The molecule has 1 atom stereocenters. The lowest BCUT2D eigenvalue weighted by Crippen LogP contribution is -2.40. The summed E-state index contributed by atoms with van der Waals surface area (Å²) in [6, 6.07) is 3.48. The van der Waals surface area contributed by atoms with E-state index in [4.69, 9.17) is 0 Å². The quantitative estimate of drug-likeness (QED) is 0.760. The maximum absolute atomic E-state index is 10.9. The van der Waals surface area contributed by atoms with Crippen LogP contribution in [0.4, 0.5) is 0 Å². The third-order valence-electron chi connectivity index (χ3n) is 2.41. The Hall–Kier alpha value is -0.940. The fraction of sp³-hybridized carbons (Fsp3) is 0.444. The number of nitrogens with zero attached hydrogens (tertiary/aromatic N) is 1. The molecule has 1 unspecified atom stereocenters. The van der Waals surface area contributed by atoms with Crippen LogP contribution in [0.3, 0.4) is 0 Å². The second-order valence-electron chi connectivity index (χ2n) is 3.57. The summed E-state index contributed by atoms with van der Waals surface area (Å²) in [4.78, 5) is 3.87. The van der Waals surface area contributed by atoms with Crippen LogP contribution in [0.1, 0.15) is 11.7 Å². The molecule has 0 aliphatic carbocycles. The van der Waals surface area contributed by atoms with E-state index >= 15 is 0 Å². The molecule has 14 heavy (non-hydrogen) atoms. The normalized spacial score (nSPS) is 22.6. The molecule has 1 saturated heterocycles. The molecule has 1 aliphatic heterocycles. The number of hydrogen-bond acceptors (Lipinski definition) is 4. The van der Waals surface area contributed by atoms with Gasteiger partial charge < -0.3 is 5.11 Å². The second-order valence-corrected chi connectivity index (χ2v) is 5.72. The van der Waals surface area contributed by atoms with Gasteiger partial charge in [0.2, 0.25) is 0 Å². The zero-order valence-corrected chi connectivity index (χ0v) is 8.31. The van der Waals surface area contributed by atoms with Crippen LogP contribution in [0.2, 0.25) is 0 Å². The molecule has 5 heteroatoms. The molecule has 0 spiro atoms. The van der Waals surface area contributed by atoms with Gasteiger partial charge >= 0.3 is 0 Å². The number of rotatable bonds is 2. The number of aliphatic hydroxyl groups is 1. The highest BCUT2D eigenvalue weighted by Crippen LogP contribution is 2.30. The monoisotopic (exact) mass is 213 g/mol. The molecule has 0 amide bonds. The first kappa shape index (κ1) is 9.61. The molecule has 1 aliphatic rings. The van der Waals surface area contributed by atoms with Gasteiger partial charge in [-0.25, -0.2) is 8.42 Å².